The van der Waals surface area contributed by atoms with Crippen LogP contribution in [0.5, 0.6) is 5.75 Å². The van der Waals surface area contributed by atoms with Crippen LogP contribution >= 0.6 is 0 Å². The number of aryl methyl sites for hydroxylation is 1. The Labute approximate surface area is 228 Å². The third kappa shape index (κ3) is 4.91. The second kappa shape index (κ2) is 10.6. The predicted octanol–water partition coefficient (Wildman–Crippen LogP) is 4.53. The van der Waals surface area contributed by atoms with Gasteiger partial charge in [-0.1, -0.05) is 24.3 Å². The van der Waals surface area contributed by atoms with Crippen molar-refractivity contribution in [3.8, 4) is 17.0 Å². The highest BCUT2D eigenvalue weighted by Gasteiger charge is 2.21. The molecule has 4 aromatic rings. The summed E-state index contributed by atoms with van der Waals surface area (Å²) in [5.41, 5.74) is 14.3. The number of nitrogens with one attached hydrogen (secondary N) is 1. The van der Waals surface area contributed by atoms with Gasteiger partial charge >= 0.3 is 0 Å². The number of benzene rings is 2. The zero-order valence-electron chi connectivity index (χ0n) is 22.8. The van der Waals surface area contributed by atoms with Gasteiger partial charge in [-0.25, -0.2) is 9.97 Å². The van der Waals surface area contributed by atoms with E-state index in [2.05, 4.69) is 70.3 Å². The molecule has 0 amide bonds. The monoisotopic (exact) mass is 525 g/mol. The van der Waals surface area contributed by atoms with Crippen molar-refractivity contribution in [1.82, 2.24) is 19.4 Å². The second-order valence-electron chi connectivity index (χ2n) is 10.2. The molecule has 4 heterocycles. The number of nitrogens with zero attached hydrogens (tertiary/aromatic N) is 5. The fraction of sp³-hybridized carbons (Fsp3) is 0.333. The molecular formula is C30H35N7O2. The van der Waals surface area contributed by atoms with Crippen LogP contribution in [-0.2, 0) is 11.8 Å². The van der Waals surface area contributed by atoms with E-state index in [1.54, 1.807) is 7.11 Å². The first-order chi connectivity index (χ1) is 19.0. The summed E-state index contributed by atoms with van der Waals surface area (Å²) in [5, 5.41) is 4.54. The standard InChI is InChI=1S/C30H35N7O2/c1-35-10-12-37(13-11-35)27-17-28(38-3)25(16-24(27)31)33-30-32-18-22(20-8-14-39-15-9-20)29(34-30)23-19-36(2)26-7-5-4-6-21(23)26/h4-8,16-19H,9-15,31H2,1-3H3,(H,32,33,34). The van der Waals surface area contributed by atoms with Crippen molar-refractivity contribution in [2.45, 2.75) is 6.42 Å². The topological polar surface area (TPSA) is 93.7 Å². The van der Waals surface area contributed by atoms with Crippen LogP contribution in [0, 0.1) is 0 Å². The summed E-state index contributed by atoms with van der Waals surface area (Å²) in [7, 11) is 5.88. The van der Waals surface area contributed by atoms with Crippen LogP contribution in [0.4, 0.5) is 23.0 Å². The molecule has 2 aromatic carbocycles. The Morgan fingerprint density at radius 2 is 1.87 bits per heavy atom. The molecule has 3 N–H and O–H groups in total. The van der Waals surface area contributed by atoms with Crippen LogP contribution in [0.25, 0.3) is 27.7 Å². The van der Waals surface area contributed by atoms with Gasteiger partial charge in [-0.15, -0.1) is 0 Å². The van der Waals surface area contributed by atoms with E-state index in [1.165, 1.54) is 5.57 Å². The molecule has 2 aliphatic heterocycles. The maximum absolute atomic E-state index is 6.56. The molecule has 0 radical (unpaired) electrons. The molecule has 0 unspecified atom stereocenters. The van der Waals surface area contributed by atoms with Crippen LogP contribution in [0.1, 0.15) is 12.0 Å². The van der Waals surface area contributed by atoms with Gasteiger partial charge in [-0.05, 0) is 31.2 Å². The molecule has 202 valence electrons. The molecule has 0 aliphatic carbocycles. The number of ether oxygens (including phenoxy) is 2. The number of rotatable bonds is 6. The first-order valence-corrected chi connectivity index (χ1v) is 13.4. The fourth-order valence-corrected chi connectivity index (χ4v) is 5.48. The number of fused-ring (bicyclic) bond motifs is 1. The number of piperazine rings is 1. The molecule has 0 bridgehead atoms. The number of anilines is 4. The number of hydrogen-bond acceptors (Lipinski definition) is 8. The summed E-state index contributed by atoms with van der Waals surface area (Å²) in [5.74, 6) is 1.18. The number of hydrogen-bond donors (Lipinski definition) is 2. The Bertz CT molecular complexity index is 1540. The Hall–Kier alpha value is -4.08. The first-order valence-electron chi connectivity index (χ1n) is 13.4. The van der Waals surface area contributed by atoms with E-state index < -0.39 is 0 Å². The average Bonchev–Trinajstić information content (AvgIpc) is 3.30. The highest BCUT2D eigenvalue weighted by atomic mass is 16.5. The van der Waals surface area contributed by atoms with E-state index >= 15 is 0 Å². The highest BCUT2D eigenvalue weighted by Crippen LogP contribution is 2.39. The summed E-state index contributed by atoms with van der Waals surface area (Å²) >= 11 is 0. The molecule has 0 saturated carbocycles. The van der Waals surface area contributed by atoms with Crippen molar-refractivity contribution >= 4 is 39.5 Å². The van der Waals surface area contributed by atoms with Gasteiger partial charge in [0.15, 0.2) is 0 Å². The van der Waals surface area contributed by atoms with Crippen LogP contribution in [0.3, 0.4) is 0 Å². The molecule has 39 heavy (non-hydrogen) atoms. The third-order valence-corrected chi connectivity index (χ3v) is 7.69. The van der Waals surface area contributed by atoms with E-state index in [0.717, 1.165) is 71.7 Å². The first kappa shape index (κ1) is 25.2. The summed E-state index contributed by atoms with van der Waals surface area (Å²) in [6.07, 6.45) is 7.01. The zero-order chi connectivity index (χ0) is 26.9. The van der Waals surface area contributed by atoms with Crippen molar-refractivity contribution in [2.24, 2.45) is 7.05 Å². The third-order valence-electron chi connectivity index (χ3n) is 7.69. The smallest absolute Gasteiger partial charge is 0.227 e. The predicted molar refractivity (Wildman–Crippen MR) is 158 cm³/mol. The maximum atomic E-state index is 6.56. The summed E-state index contributed by atoms with van der Waals surface area (Å²) < 4.78 is 13.5. The summed E-state index contributed by atoms with van der Waals surface area (Å²) in [4.78, 5) is 14.4. The van der Waals surface area contributed by atoms with Crippen LogP contribution in [0.2, 0.25) is 0 Å². The van der Waals surface area contributed by atoms with E-state index in [1.807, 2.05) is 18.3 Å². The van der Waals surface area contributed by atoms with Gasteiger partial charge in [-0.3, -0.25) is 0 Å². The molecular weight excluding hydrogens is 490 g/mol. The SMILES string of the molecule is COc1cc(N2CCN(C)CC2)c(N)cc1Nc1ncc(C2=CCOCC2)c(-c2cn(C)c3ccccc23)n1. The molecule has 2 aromatic heterocycles. The molecule has 1 fully saturated rings. The molecule has 2 aliphatic rings. The lowest BCUT2D eigenvalue weighted by Gasteiger charge is -2.35. The number of nitrogens with two attached hydrogens (primary N) is 1. The summed E-state index contributed by atoms with van der Waals surface area (Å²) in [6.45, 7) is 5.15. The van der Waals surface area contributed by atoms with E-state index in [4.69, 9.17) is 25.2 Å². The average molecular weight is 526 g/mol. The van der Waals surface area contributed by atoms with Gasteiger partial charge in [0.2, 0.25) is 5.95 Å². The lowest BCUT2D eigenvalue weighted by molar-refractivity contribution is 0.161. The van der Waals surface area contributed by atoms with Gasteiger partial charge in [0.25, 0.3) is 0 Å². The molecule has 1 saturated heterocycles. The van der Waals surface area contributed by atoms with E-state index in [-0.39, 0.29) is 0 Å². The minimum Gasteiger partial charge on any atom is -0.494 e. The van der Waals surface area contributed by atoms with Gasteiger partial charge in [0.05, 0.1) is 43.1 Å². The quantitative estimate of drug-likeness (QED) is 0.355. The molecule has 9 heteroatoms. The maximum Gasteiger partial charge on any atom is 0.227 e. The number of methoxy groups -OCH3 is 1. The Morgan fingerprint density at radius 1 is 1.05 bits per heavy atom. The zero-order valence-corrected chi connectivity index (χ0v) is 22.8. The van der Waals surface area contributed by atoms with Crippen molar-refractivity contribution in [3.05, 3.63) is 60.4 Å². The van der Waals surface area contributed by atoms with Crippen molar-refractivity contribution < 1.29 is 9.47 Å². The van der Waals surface area contributed by atoms with Crippen molar-refractivity contribution in [2.75, 3.05) is 69.5 Å². The molecule has 9 nitrogen and oxygen atoms in total. The minimum absolute atomic E-state index is 0.486. The molecule has 6 rings (SSSR count). The minimum atomic E-state index is 0.486. The largest absolute Gasteiger partial charge is 0.494 e. The number of para-hydroxylation sites is 1. The van der Waals surface area contributed by atoms with Crippen LogP contribution < -0.4 is 20.7 Å². The number of aromatic nitrogens is 3. The Kier molecular flexibility index (Phi) is 6.85. The second-order valence-corrected chi connectivity index (χ2v) is 10.2. The molecule has 0 atom stereocenters. The number of likely N-dealkylation sites (N-methyl/N-ethyl adjacent to an activating group) is 1. The van der Waals surface area contributed by atoms with Crippen molar-refractivity contribution in [1.29, 1.82) is 0 Å². The van der Waals surface area contributed by atoms with E-state index in [9.17, 15) is 0 Å². The summed E-state index contributed by atoms with van der Waals surface area (Å²) in [6, 6.07) is 12.3. The highest BCUT2D eigenvalue weighted by molar-refractivity contribution is 5.98. The Balaban J connectivity index is 1.40. The van der Waals surface area contributed by atoms with Crippen molar-refractivity contribution in [3.63, 3.8) is 0 Å². The van der Waals surface area contributed by atoms with Gasteiger partial charge < -0.3 is 34.9 Å². The van der Waals surface area contributed by atoms with Crippen LogP contribution in [-0.4, -0.2) is 73.0 Å². The normalized spacial score (nSPS) is 16.4. The lowest BCUT2D eigenvalue weighted by atomic mass is 9.97. The molecule has 0 spiro atoms. The van der Waals surface area contributed by atoms with Gasteiger partial charge in [0.1, 0.15) is 5.75 Å². The van der Waals surface area contributed by atoms with Gasteiger partial charge in [0, 0.05) is 73.7 Å². The lowest BCUT2D eigenvalue weighted by Crippen LogP contribution is -2.44. The Morgan fingerprint density at radius 3 is 2.64 bits per heavy atom. The van der Waals surface area contributed by atoms with Gasteiger partial charge in [-0.2, -0.15) is 0 Å². The number of nitrogen functional groups attached to an aromatic ring is 1. The fourth-order valence-electron chi connectivity index (χ4n) is 5.48. The van der Waals surface area contributed by atoms with Crippen LogP contribution in [0.15, 0.2) is 54.9 Å². The van der Waals surface area contributed by atoms with E-state index in [0.29, 0.717) is 30.6 Å².